The van der Waals surface area contributed by atoms with Crippen LogP contribution in [0.25, 0.3) is 0 Å². The van der Waals surface area contributed by atoms with E-state index in [-0.39, 0.29) is 6.04 Å². The summed E-state index contributed by atoms with van der Waals surface area (Å²) in [7, 11) is 1.60. The second kappa shape index (κ2) is 4.39. The summed E-state index contributed by atoms with van der Waals surface area (Å²) in [6, 6.07) is 5.04. The van der Waals surface area contributed by atoms with Gasteiger partial charge < -0.3 is 16.2 Å². The maximum absolute atomic E-state index is 6.05. The minimum atomic E-state index is -0.516. The molecule has 0 fully saturated rings. The van der Waals surface area contributed by atoms with Crippen molar-refractivity contribution < 1.29 is 4.74 Å². The van der Waals surface area contributed by atoms with Crippen molar-refractivity contribution in [2.45, 2.75) is 25.4 Å². The molecule has 84 valence electrons. The zero-order chi connectivity index (χ0) is 11.6. The van der Waals surface area contributed by atoms with Gasteiger partial charge in [-0.1, -0.05) is 11.6 Å². The molecule has 0 aromatic heterocycles. The van der Waals surface area contributed by atoms with Crippen molar-refractivity contribution in [3.05, 3.63) is 28.8 Å². The molecule has 4 heteroatoms. The Kier molecular flexibility index (Phi) is 3.60. The van der Waals surface area contributed by atoms with Gasteiger partial charge in [0.05, 0.1) is 13.2 Å². The first-order chi connectivity index (χ1) is 6.86. The molecule has 1 aromatic carbocycles. The normalized spacial score (nSPS) is 13.7. The van der Waals surface area contributed by atoms with Crippen LogP contribution in [0.4, 0.5) is 0 Å². The Morgan fingerprint density at radius 1 is 1.40 bits per heavy atom. The van der Waals surface area contributed by atoms with Crippen LogP contribution in [0.1, 0.15) is 25.5 Å². The molecule has 15 heavy (non-hydrogen) atoms. The molecule has 0 aliphatic heterocycles. The van der Waals surface area contributed by atoms with Crippen LogP contribution in [0, 0.1) is 0 Å². The van der Waals surface area contributed by atoms with E-state index in [4.69, 9.17) is 27.8 Å². The van der Waals surface area contributed by atoms with E-state index in [1.165, 1.54) is 0 Å². The summed E-state index contributed by atoms with van der Waals surface area (Å²) in [6.07, 6.45) is 0. The van der Waals surface area contributed by atoms with Crippen LogP contribution in [0.3, 0.4) is 0 Å². The highest BCUT2D eigenvalue weighted by Gasteiger charge is 2.25. The van der Waals surface area contributed by atoms with E-state index in [0.29, 0.717) is 10.8 Å². The molecule has 1 aromatic rings. The Morgan fingerprint density at radius 2 is 2.00 bits per heavy atom. The lowest BCUT2D eigenvalue weighted by Crippen LogP contribution is -2.43. The number of hydrogen-bond acceptors (Lipinski definition) is 3. The Balaban J connectivity index is 3.17. The first-order valence-electron chi connectivity index (χ1n) is 4.74. The second-order valence-electron chi connectivity index (χ2n) is 4.19. The third kappa shape index (κ3) is 2.84. The van der Waals surface area contributed by atoms with E-state index >= 15 is 0 Å². The van der Waals surface area contributed by atoms with Crippen LogP contribution in [-0.2, 0) is 0 Å². The smallest absolute Gasteiger partial charge is 0.123 e. The number of ether oxygens (including phenoxy) is 1. The highest BCUT2D eigenvalue weighted by atomic mass is 35.5. The van der Waals surface area contributed by atoms with Crippen molar-refractivity contribution >= 4 is 11.6 Å². The molecule has 1 atom stereocenters. The molecular weight excluding hydrogens is 212 g/mol. The van der Waals surface area contributed by atoms with Crippen molar-refractivity contribution in [3.63, 3.8) is 0 Å². The van der Waals surface area contributed by atoms with Crippen LogP contribution in [0.2, 0.25) is 5.02 Å². The molecule has 0 heterocycles. The van der Waals surface area contributed by atoms with Crippen molar-refractivity contribution in [1.82, 2.24) is 0 Å². The summed E-state index contributed by atoms with van der Waals surface area (Å²) in [6.45, 7) is 3.75. The number of methoxy groups -OCH3 is 1. The summed E-state index contributed by atoms with van der Waals surface area (Å²) < 4.78 is 5.22. The predicted octanol–water partition coefficient (Wildman–Crippen LogP) is 2.09. The molecular formula is C11H17ClN2O. The zero-order valence-corrected chi connectivity index (χ0v) is 10.0. The van der Waals surface area contributed by atoms with Gasteiger partial charge in [0.1, 0.15) is 5.75 Å². The maximum atomic E-state index is 6.05. The first kappa shape index (κ1) is 12.3. The number of hydrogen-bond donors (Lipinski definition) is 2. The molecule has 0 amide bonds. The highest BCUT2D eigenvalue weighted by Crippen LogP contribution is 2.31. The van der Waals surface area contributed by atoms with E-state index < -0.39 is 5.54 Å². The standard InChI is InChI=1S/C11H17ClN2O/c1-11(2,14)10(13)8-6-7(12)4-5-9(8)15-3/h4-6,10H,13-14H2,1-3H3. The number of halogens is 1. The molecule has 1 unspecified atom stereocenters. The molecule has 0 aliphatic rings. The lowest BCUT2D eigenvalue weighted by atomic mass is 9.90. The fourth-order valence-electron chi connectivity index (χ4n) is 1.35. The lowest BCUT2D eigenvalue weighted by Gasteiger charge is -2.28. The summed E-state index contributed by atoms with van der Waals surface area (Å²) in [4.78, 5) is 0. The van der Waals surface area contributed by atoms with Gasteiger partial charge in [0, 0.05) is 16.1 Å². The van der Waals surface area contributed by atoms with Gasteiger partial charge in [0.25, 0.3) is 0 Å². The molecule has 1 rings (SSSR count). The fraction of sp³-hybridized carbons (Fsp3) is 0.455. The van der Waals surface area contributed by atoms with Gasteiger partial charge in [-0.15, -0.1) is 0 Å². The van der Waals surface area contributed by atoms with Gasteiger partial charge in [0.2, 0.25) is 0 Å². The topological polar surface area (TPSA) is 61.3 Å². The molecule has 3 nitrogen and oxygen atoms in total. The minimum Gasteiger partial charge on any atom is -0.496 e. The van der Waals surface area contributed by atoms with Crippen molar-refractivity contribution in [2.24, 2.45) is 11.5 Å². The van der Waals surface area contributed by atoms with Gasteiger partial charge in [-0.3, -0.25) is 0 Å². The summed E-state index contributed by atoms with van der Waals surface area (Å²) in [5.74, 6) is 0.713. The molecule has 0 saturated heterocycles. The summed E-state index contributed by atoms with van der Waals surface area (Å²) >= 11 is 5.92. The summed E-state index contributed by atoms with van der Waals surface area (Å²) in [5.41, 5.74) is 12.3. The monoisotopic (exact) mass is 228 g/mol. The van der Waals surface area contributed by atoms with E-state index in [0.717, 1.165) is 5.56 Å². The van der Waals surface area contributed by atoms with Gasteiger partial charge in [-0.2, -0.15) is 0 Å². The van der Waals surface area contributed by atoms with Crippen LogP contribution in [-0.4, -0.2) is 12.6 Å². The van der Waals surface area contributed by atoms with Crippen LogP contribution in [0.5, 0.6) is 5.75 Å². The van der Waals surface area contributed by atoms with Crippen molar-refractivity contribution in [1.29, 1.82) is 0 Å². The lowest BCUT2D eigenvalue weighted by molar-refractivity contribution is 0.377. The maximum Gasteiger partial charge on any atom is 0.123 e. The fourth-order valence-corrected chi connectivity index (χ4v) is 1.53. The SMILES string of the molecule is COc1ccc(Cl)cc1C(N)C(C)(C)N. The van der Waals surface area contributed by atoms with Gasteiger partial charge >= 0.3 is 0 Å². The molecule has 0 radical (unpaired) electrons. The Labute approximate surface area is 95.4 Å². The molecule has 4 N–H and O–H groups in total. The van der Waals surface area contributed by atoms with Crippen LogP contribution < -0.4 is 16.2 Å². The zero-order valence-electron chi connectivity index (χ0n) is 9.25. The van der Waals surface area contributed by atoms with E-state index in [1.807, 2.05) is 13.8 Å². The largest absolute Gasteiger partial charge is 0.496 e. The van der Waals surface area contributed by atoms with Crippen LogP contribution in [0.15, 0.2) is 18.2 Å². The molecule has 0 aliphatic carbocycles. The van der Waals surface area contributed by atoms with Gasteiger partial charge in [-0.05, 0) is 32.0 Å². The number of nitrogens with two attached hydrogens (primary N) is 2. The quantitative estimate of drug-likeness (QED) is 0.833. The first-order valence-corrected chi connectivity index (χ1v) is 5.12. The Hall–Kier alpha value is -0.770. The molecule has 0 bridgehead atoms. The van der Waals surface area contributed by atoms with Gasteiger partial charge in [-0.25, -0.2) is 0 Å². The second-order valence-corrected chi connectivity index (χ2v) is 4.62. The highest BCUT2D eigenvalue weighted by molar-refractivity contribution is 6.30. The minimum absolute atomic E-state index is 0.314. The van der Waals surface area contributed by atoms with E-state index in [1.54, 1.807) is 25.3 Å². The van der Waals surface area contributed by atoms with Gasteiger partial charge in [0.15, 0.2) is 0 Å². The third-order valence-electron chi connectivity index (χ3n) is 2.33. The Bertz CT molecular complexity index is 347. The number of rotatable bonds is 3. The molecule has 0 saturated carbocycles. The van der Waals surface area contributed by atoms with Crippen LogP contribution >= 0.6 is 11.6 Å². The average Bonchev–Trinajstić information content (AvgIpc) is 2.15. The number of benzene rings is 1. The average molecular weight is 229 g/mol. The van der Waals surface area contributed by atoms with Crippen molar-refractivity contribution in [3.8, 4) is 5.75 Å². The van der Waals surface area contributed by atoms with E-state index in [2.05, 4.69) is 0 Å². The Morgan fingerprint density at radius 3 is 2.47 bits per heavy atom. The predicted molar refractivity (Wildman–Crippen MR) is 63.2 cm³/mol. The molecule has 0 spiro atoms. The van der Waals surface area contributed by atoms with Crippen molar-refractivity contribution in [2.75, 3.05) is 7.11 Å². The van der Waals surface area contributed by atoms with E-state index in [9.17, 15) is 0 Å². The third-order valence-corrected chi connectivity index (χ3v) is 2.56. The summed E-state index contributed by atoms with van der Waals surface area (Å²) in [5, 5.41) is 0.630.